The molecule has 3 heterocycles. The SMILES string of the molecule is NC[C@@H]1C[C@H](F)CN1Cc1ccc2c(c1)CN(C1CCC(=O)NC1=O)C2=O. The summed E-state index contributed by atoms with van der Waals surface area (Å²) in [6.45, 7) is 1.73. The second-order valence-corrected chi connectivity index (χ2v) is 7.54. The van der Waals surface area contributed by atoms with E-state index in [9.17, 15) is 18.8 Å². The Morgan fingerprint density at radius 1 is 1.26 bits per heavy atom. The number of fused-ring (bicyclic) bond motifs is 1. The first-order valence-corrected chi connectivity index (χ1v) is 9.31. The Morgan fingerprint density at radius 3 is 2.81 bits per heavy atom. The summed E-state index contributed by atoms with van der Waals surface area (Å²) in [5, 5.41) is 2.30. The highest BCUT2D eigenvalue weighted by molar-refractivity contribution is 6.05. The van der Waals surface area contributed by atoms with Gasteiger partial charge in [-0.05, 0) is 30.0 Å². The normalized spacial score (nSPS) is 28.6. The van der Waals surface area contributed by atoms with Gasteiger partial charge >= 0.3 is 0 Å². The summed E-state index contributed by atoms with van der Waals surface area (Å²) in [5.41, 5.74) is 8.20. The molecule has 1 unspecified atom stereocenters. The molecule has 4 rings (SSSR count). The highest BCUT2D eigenvalue weighted by Crippen LogP contribution is 2.29. The molecule has 27 heavy (non-hydrogen) atoms. The average Bonchev–Trinajstić information content (AvgIpc) is 3.14. The predicted molar refractivity (Wildman–Crippen MR) is 95.3 cm³/mol. The molecule has 8 heteroatoms. The Hall–Kier alpha value is -2.32. The minimum Gasteiger partial charge on any atom is -0.329 e. The monoisotopic (exact) mass is 374 g/mol. The van der Waals surface area contributed by atoms with Crippen LogP contribution in [0, 0.1) is 0 Å². The molecule has 0 aromatic heterocycles. The molecule has 3 amide bonds. The maximum atomic E-state index is 13.7. The maximum absolute atomic E-state index is 13.7. The van der Waals surface area contributed by atoms with E-state index < -0.39 is 18.1 Å². The van der Waals surface area contributed by atoms with Gasteiger partial charge in [0.15, 0.2) is 0 Å². The molecule has 144 valence electrons. The molecule has 0 aliphatic carbocycles. The largest absolute Gasteiger partial charge is 0.329 e. The number of carbonyl (C=O) groups is 3. The molecule has 3 aliphatic heterocycles. The number of hydrogen-bond donors (Lipinski definition) is 2. The van der Waals surface area contributed by atoms with Crippen LogP contribution in [0.1, 0.15) is 40.7 Å². The lowest BCUT2D eigenvalue weighted by molar-refractivity contribution is -0.136. The van der Waals surface area contributed by atoms with Crippen LogP contribution in [0.3, 0.4) is 0 Å². The molecular weight excluding hydrogens is 351 g/mol. The van der Waals surface area contributed by atoms with Gasteiger partial charge in [-0.2, -0.15) is 0 Å². The van der Waals surface area contributed by atoms with Gasteiger partial charge < -0.3 is 10.6 Å². The van der Waals surface area contributed by atoms with Crippen LogP contribution in [-0.4, -0.2) is 58.9 Å². The van der Waals surface area contributed by atoms with Crippen molar-refractivity contribution in [1.82, 2.24) is 15.1 Å². The van der Waals surface area contributed by atoms with Crippen LogP contribution in [0.5, 0.6) is 0 Å². The van der Waals surface area contributed by atoms with Crippen molar-refractivity contribution in [1.29, 1.82) is 0 Å². The van der Waals surface area contributed by atoms with Gasteiger partial charge in [-0.25, -0.2) is 4.39 Å². The van der Waals surface area contributed by atoms with E-state index in [1.54, 1.807) is 6.07 Å². The van der Waals surface area contributed by atoms with Gasteiger partial charge in [0.2, 0.25) is 11.8 Å². The fourth-order valence-electron chi connectivity index (χ4n) is 4.32. The van der Waals surface area contributed by atoms with Crippen molar-refractivity contribution in [3.05, 3.63) is 34.9 Å². The molecule has 0 radical (unpaired) electrons. The lowest BCUT2D eigenvalue weighted by atomic mass is 10.0. The number of rotatable bonds is 4. The number of nitrogens with zero attached hydrogens (tertiary/aromatic N) is 2. The zero-order valence-electron chi connectivity index (χ0n) is 15.0. The first-order chi connectivity index (χ1) is 13.0. The third-order valence-electron chi connectivity index (χ3n) is 5.72. The van der Waals surface area contributed by atoms with Gasteiger partial charge in [-0.3, -0.25) is 24.6 Å². The number of piperidine rings is 1. The number of halogens is 1. The van der Waals surface area contributed by atoms with E-state index >= 15 is 0 Å². The quantitative estimate of drug-likeness (QED) is 0.740. The molecule has 1 aromatic carbocycles. The lowest BCUT2D eigenvalue weighted by Gasteiger charge is -2.29. The van der Waals surface area contributed by atoms with Crippen LogP contribution in [0.25, 0.3) is 0 Å². The minimum atomic E-state index is -0.849. The van der Waals surface area contributed by atoms with Crippen molar-refractivity contribution in [3.8, 4) is 0 Å². The van der Waals surface area contributed by atoms with Gasteiger partial charge in [0.1, 0.15) is 12.2 Å². The summed E-state index contributed by atoms with van der Waals surface area (Å²) in [4.78, 5) is 39.7. The van der Waals surface area contributed by atoms with E-state index in [4.69, 9.17) is 5.73 Å². The lowest BCUT2D eigenvalue weighted by Crippen LogP contribution is -2.52. The highest BCUT2D eigenvalue weighted by Gasteiger charge is 2.39. The summed E-state index contributed by atoms with van der Waals surface area (Å²) in [6, 6.07) is 5.04. The summed E-state index contributed by atoms with van der Waals surface area (Å²) in [6.07, 6.45) is 0.198. The number of likely N-dealkylation sites (tertiary alicyclic amines) is 1. The third kappa shape index (κ3) is 3.35. The molecule has 7 nitrogen and oxygen atoms in total. The molecule has 3 aliphatic rings. The fourth-order valence-corrected chi connectivity index (χ4v) is 4.32. The van der Waals surface area contributed by atoms with Crippen LogP contribution >= 0.6 is 0 Å². The summed E-state index contributed by atoms with van der Waals surface area (Å²) < 4.78 is 13.7. The Balaban J connectivity index is 1.49. The van der Waals surface area contributed by atoms with Gasteiger partial charge in [-0.15, -0.1) is 0 Å². The van der Waals surface area contributed by atoms with Gasteiger partial charge in [0.05, 0.1) is 0 Å². The molecule has 3 atom stereocenters. The van der Waals surface area contributed by atoms with Gasteiger partial charge in [0, 0.05) is 44.2 Å². The number of nitrogens with two attached hydrogens (primary N) is 1. The number of imide groups is 1. The molecule has 0 saturated carbocycles. The first-order valence-electron chi connectivity index (χ1n) is 9.31. The zero-order chi connectivity index (χ0) is 19.1. The van der Waals surface area contributed by atoms with Crippen molar-refractivity contribution in [2.45, 2.75) is 50.6 Å². The number of amides is 3. The van der Waals surface area contributed by atoms with Crippen LogP contribution in [0.15, 0.2) is 18.2 Å². The molecule has 0 bridgehead atoms. The van der Waals surface area contributed by atoms with E-state index in [0.717, 1.165) is 11.1 Å². The van der Waals surface area contributed by atoms with Crippen LogP contribution < -0.4 is 11.1 Å². The Labute approximate surface area is 156 Å². The Morgan fingerprint density at radius 2 is 2.07 bits per heavy atom. The molecule has 3 N–H and O–H groups in total. The smallest absolute Gasteiger partial charge is 0.255 e. The molecule has 0 spiro atoms. The van der Waals surface area contributed by atoms with Gasteiger partial charge in [-0.1, -0.05) is 12.1 Å². The van der Waals surface area contributed by atoms with E-state index in [1.807, 2.05) is 17.0 Å². The molecule has 2 saturated heterocycles. The number of nitrogens with one attached hydrogen (secondary N) is 1. The second kappa shape index (κ2) is 7.01. The second-order valence-electron chi connectivity index (χ2n) is 7.54. The van der Waals surface area contributed by atoms with E-state index in [-0.39, 0.29) is 24.3 Å². The van der Waals surface area contributed by atoms with Crippen molar-refractivity contribution >= 4 is 17.7 Å². The standard InChI is InChI=1S/C19H23FN4O3/c20-13-6-14(7-21)23(10-13)8-11-1-2-15-12(5-11)9-24(19(15)27)16-3-4-17(25)22-18(16)26/h1-2,5,13-14,16H,3-4,6-10,21H2,(H,22,25,26)/t13-,14-,16?/m0/s1. The summed E-state index contributed by atoms with van der Waals surface area (Å²) in [7, 11) is 0. The minimum absolute atomic E-state index is 0.0369. The number of carbonyl (C=O) groups excluding carboxylic acids is 3. The summed E-state index contributed by atoms with van der Waals surface area (Å²) in [5.74, 6) is -0.894. The summed E-state index contributed by atoms with van der Waals surface area (Å²) >= 11 is 0. The van der Waals surface area contributed by atoms with Crippen LogP contribution in [0.4, 0.5) is 4.39 Å². The topological polar surface area (TPSA) is 95.7 Å². The maximum Gasteiger partial charge on any atom is 0.255 e. The number of hydrogen-bond acceptors (Lipinski definition) is 5. The van der Waals surface area contributed by atoms with E-state index in [2.05, 4.69) is 5.32 Å². The van der Waals surface area contributed by atoms with Crippen molar-refractivity contribution in [2.24, 2.45) is 5.73 Å². The molecule has 1 aromatic rings. The highest BCUT2D eigenvalue weighted by atomic mass is 19.1. The van der Waals surface area contributed by atoms with Gasteiger partial charge in [0.25, 0.3) is 5.91 Å². The van der Waals surface area contributed by atoms with E-state index in [0.29, 0.717) is 44.6 Å². The van der Waals surface area contributed by atoms with Crippen LogP contribution in [0.2, 0.25) is 0 Å². The molecule has 2 fully saturated rings. The Kier molecular flexibility index (Phi) is 4.69. The van der Waals surface area contributed by atoms with Crippen molar-refractivity contribution < 1.29 is 18.8 Å². The zero-order valence-corrected chi connectivity index (χ0v) is 15.0. The number of alkyl halides is 1. The predicted octanol–water partition coefficient (Wildman–Crippen LogP) is 0.319. The van der Waals surface area contributed by atoms with Crippen LogP contribution in [-0.2, 0) is 22.7 Å². The molecular formula is C19H23FN4O3. The fraction of sp³-hybridized carbons (Fsp3) is 0.526. The first kappa shape index (κ1) is 18.1. The average molecular weight is 374 g/mol. The Bertz CT molecular complexity index is 799. The number of benzene rings is 1. The van der Waals surface area contributed by atoms with Crippen molar-refractivity contribution in [3.63, 3.8) is 0 Å². The van der Waals surface area contributed by atoms with E-state index in [1.165, 1.54) is 4.90 Å². The third-order valence-corrected chi connectivity index (χ3v) is 5.72. The van der Waals surface area contributed by atoms with Crippen molar-refractivity contribution in [2.75, 3.05) is 13.1 Å².